The van der Waals surface area contributed by atoms with Crippen LogP contribution in [0.25, 0.3) is 0 Å². The Bertz CT molecular complexity index is 210. The van der Waals surface area contributed by atoms with Crippen LogP contribution in [-0.2, 0) is 9.59 Å². The highest BCUT2D eigenvalue weighted by atomic mass is 16.2. The Hall–Kier alpha value is -0.900. The fourth-order valence-electron chi connectivity index (χ4n) is 1.59. The zero-order valence-corrected chi connectivity index (χ0v) is 8.95. The highest BCUT2D eigenvalue weighted by molar-refractivity contribution is 5.97. The summed E-state index contributed by atoms with van der Waals surface area (Å²) in [6.45, 7) is 1.49. The van der Waals surface area contributed by atoms with Crippen molar-refractivity contribution in [3.63, 3.8) is 0 Å². The van der Waals surface area contributed by atoms with E-state index in [1.165, 1.54) is 4.90 Å². The Labute approximate surface area is 84.9 Å². The molecule has 1 fully saturated rings. The fraction of sp³-hybridized carbons (Fsp3) is 0.800. The Morgan fingerprint density at radius 1 is 1.21 bits per heavy atom. The van der Waals surface area contributed by atoms with Gasteiger partial charge in [0.15, 0.2) is 0 Å². The van der Waals surface area contributed by atoms with Gasteiger partial charge in [-0.05, 0) is 33.5 Å². The summed E-state index contributed by atoms with van der Waals surface area (Å²) in [4.78, 5) is 26.2. The number of nitrogens with zero attached hydrogens (tertiary/aromatic N) is 2. The van der Waals surface area contributed by atoms with Crippen molar-refractivity contribution >= 4 is 11.8 Å². The predicted molar refractivity (Wildman–Crippen MR) is 53.7 cm³/mol. The fourth-order valence-corrected chi connectivity index (χ4v) is 1.59. The Balaban J connectivity index is 2.33. The summed E-state index contributed by atoms with van der Waals surface area (Å²) in [6.07, 6.45) is 2.66. The number of hydrogen-bond acceptors (Lipinski definition) is 3. The van der Waals surface area contributed by atoms with Crippen LogP contribution in [0, 0.1) is 0 Å². The van der Waals surface area contributed by atoms with Crippen LogP contribution in [0.3, 0.4) is 0 Å². The Kier molecular flexibility index (Phi) is 4.07. The topological polar surface area (TPSA) is 40.6 Å². The minimum absolute atomic E-state index is 0.00000567. The first-order valence-corrected chi connectivity index (χ1v) is 5.09. The van der Waals surface area contributed by atoms with E-state index < -0.39 is 0 Å². The van der Waals surface area contributed by atoms with E-state index in [1.54, 1.807) is 0 Å². The number of carbonyl (C=O) groups is 2. The van der Waals surface area contributed by atoms with Crippen molar-refractivity contribution in [3.8, 4) is 0 Å². The lowest BCUT2D eigenvalue weighted by atomic mass is 10.1. The Morgan fingerprint density at radius 2 is 1.79 bits per heavy atom. The number of likely N-dealkylation sites (tertiary alicyclic amines) is 1. The molecule has 14 heavy (non-hydrogen) atoms. The maximum absolute atomic E-state index is 11.4. The summed E-state index contributed by atoms with van der Waals surface area (Å²) in [5.41, 5.74) is 0. The second-order valence-electron chi connectivity index (χ2n) is 3.95. The average molecular weight is 198 g/mol. The molecule has 1 aliphatic heterocycles. The first-order valence-electron chi connectivity index (χ1n) is 5.09. The molecule has 0 unspecified atom stereocenters. The summed E-state index contributed by atoms with van der Waals surface area (Å²) in [7, 11) is 3.97. The first kappa shape index (κ1) is 11.2. The molecule has 1 saturated heterocycles. The van der Waals surface area contributed by atoms with Gasteiger partial charge in [0.05, 0.1) is 0 Å². The number of rotatable bonds is 4. The van der Waals surface area contributed by atoms with E-state index in [0.717, 1.165) is 19.4 Å². The maximum atomic E-state index is 11.4. The van der Waals surface area contributed by atoms with Crippen LogP contribution in [-0.4, -0.2) is 48.8 Å². The molecule has 0 aromatic rings. The molecule has 4 heteroatoms. The van der Waals surface area contributed by atoms with Crippen molar-refractivity contribution in [2.24, 2.45) is 0 Å². The van der Waals surface area contributed by atoms with E-state index in [1.807, 2.05) is 14.1 Å². The van der Waals surface area contributed by atoms with Gasteiger partial charge < -0.3 is 4.90 Å². The van der Waals surface area contributed by atoms with Crippen LogP contribution in [0.1, 0.15) is 25.7 Å². The predicted octanol–water partition coefficient (Wildman–Crippen LogP) is 0.477. The third-order valence-corrected chi connectivity index (χ3v) is 2.37. The molecule has 2 amide bonds. The number of piperidine rings is 1. The van der Waals surface area contributed by atoms with Crippen molar-refractivity contribution in [2.75, 3.05) is 27.2 Å². The lowest BCUT2D eigenvalue weighted by Crippen LogP contribution is -2.41. The lowest BCUT2D eigenvalue weighted by Gasteiger charge is -2.25. The molecular weight excluding hydrogens is 180 g/mol. The smallest absolute Gasteiger partial charge is 0.229 e. The minimum atomic E-state index is 0.00000567. The molecule has 80 valence electrons. The molecule has 4 nitrogen and oxygen atoms in total. The van der Waals surface area contributed by atoms with E-state index in [2.05, 4.69) is 4.90 Å². The van der Waals surface area contributed by atoms with Gasteiger partial charge >= 0.3 is 0 Å². The number of hydrogen-bond donors (Lipinski definition) is 0. The third-order valence-electron chi connectivity index (χ3n) is 2.37. The molecule has 0 N–H and O–H groups in total. The summed E-state index contributed by atoms with van der Waals surface area (Å²) in [5, 5.41) is 0. The van der Waals surface area contributed by atoms with Crippen LogP contribution in [0.4, 0.5) is 0 Å². The van der Waals surface area contributed by atoms with Crippen molar-refractivity contribution in [1.82, 2.24) is 9.80 Å². The standard InChI is InChI=1S/C10H18N2O2/c1-11(2)7-4-8-12-9(13)5-3-6-10(12)14/h3-8H2,1-2H3. The average Bonchev–Trinajstić information content (AvgIpc) is 2.09. The number of amides is 2. The van der Waals surface area contributed by atoms with Crippen molar-refractivity contribution in [2.45, 2.75) is 25.7 Å². The molecule has 1 heterocycles. The number of carbonyl (C=O) groups excluding carboxylic acids is 2. The zero-order valence-electron chi connectivity index (χ0n) is 8.95. The molecule has 0 aromatic heterocycles. The van der Waals surface area contributed by atoms with Gasteiger partial charge in [0.25, 0.3) is 0 Å². The molecule has 0 aliphatic carbocycles. The minimum Gasteiger partial charge on any atom is -0.309 e. The van der Waals surface area contributed by atoms with Gasteiger partial charge in [-0.1, -0.05) is 0 Å². The van der Waals surface area contributed by atoms with E-state index in [9.17, 15) is 9.59 Å². The van der Waals surface area contributed by atoms with Crippen LogP contribution in [0.5, 0.6) is 0 Å². The van der Waals surface area contributed by atoms with Gasteiger partial charge in [-0.3, -0.25) is 14.5 Å². The quantitative estimate of drug-likeness (QED) is 0.617. The van der Waals surface area contributed by atoms with Crippen molar-refractivity contribution in [3.05, 3.63) is 0 Å². The van der Waals surface area contributed by atoms with Gasteiger partial charge in [0.1, 0.15) is 0 Å². The van der Waals surface area contributed by atoms with Gasteiger partial charge in [0, 0.05) is 19.4 Å². The van der Waals surface area contributed by atoms with Crippen LogP contribution in [0.2, 0.25) is 0 Å². The van der Waals surface area contributed by atoms with Gasteiger partial charge in [-0.25, -0.2) is 0 Å². The molecule has 0 spiro atoms. The summed E-state index contributed by atoms with van der Waals surface area (Å²) in [5.74, 6) is 0.0000113. The third kappa shape index (κ3) is 3.10. The molecule has 1 rings (SSSR count). The molecule has 0 atom stereocenters. The van der Waals surface area contributed by atoms with Crippen LogP contribution < -0.4 is 0 Å². The molecule has 0 radical (unpaired) electrons. The number of imide groups is 1. The monoisotopic (exact) mass is 198 g/mol. The zero-order chi connectivity index (χ0) is 10.6. The van der Waals surface area contributed by atoms with Crippen molar-refractivity contribution in [1.29, 1.82) is 0 Å². The van der Waals surface area contributed by atoms with Crippen LogP contribution >= 0.6 is 0 Å². The summed E-state index contributed by atoms with van der Waals surface area (Å²) < 4.78 is 0. The van der Waals surface area contributed by atoms with E-state index in [4.69, 9.17) is 0 Å². The lowest BCUT2D eigenvalue weighted by molar-refractivity contribution is -0.148. The van der Waals surface area contributed by atoms with E-state index in [-0.39, 0.29) is 11.8 Å². The molecule has 0 bridgehead atoms. The van der Waals surface area contributed by atoms with Crippen LogP contribution in [0.15, 0.2) is 0 Å². The van der Waals surface area contributed by atoms with E-state index in [0.29, 0.717) is 19.4 Å². The van der Waals surface area contributed by atoms with Gasteiger partial charge in [0.2, 0.25) is 11.8 Å². The van der Waals surface area contributed by atoms with Gasteiger partial charge in [-0.2, -0.15) is 0 Å². The first-order chi connectivity index (χ1) is 6.61. The molecule has 0 saturated carbocycles. The summed E-state index contributed by atoms with van der Waals surface area (Å²) >= 11 is 0. The maximum Gasteiger partial charge on any atom is 0.229 e. The molecule has 0 aromatic carbocycles. The van der Waals surface area contributed by atoms with Gasteiger partial charge in [-0.15, -0.1) is 0 Å². The largest absolute Gasteiger partial charge is 0.309 e. The molecular formula is C10H18N2O2. The summed E-state index contributed by atoms with van der Waals surface area (Å²) in [6, 6.07) is 0. The highest BCUT2D eigenvalue weighted by Crippen LogP contribution is 2.12. The normalized spacial score (nSPS) is 18.1. The Morgan fingerprint density at radius 3 is 2.29 bits per heavy atom. The second-order valence-corrected chi connectivity index (χ2v) is 3.95. The van der Waals surface area contributed by atoms with E-state index >= 15 is 0 Å². The molecule has 1 aliphatic rings. The SMILES string of the molecule is CN(C)CCCN1C(=O)CCCC1=O. The van der Waals surface area contributed by atoms with Crippen molar-refractivity contribution < 1.29 is 9.59 Å². The second kappa shape index (κ2) is 5.10. The highest BCUT2D eigenvalue weighted by Gasteiger charge is 2.24.